The molecule has 2 heteroatoms. The normalized spacial score (nSPS) is 12.7. The average Bonchev–Trinajstić information content (AvgIpc) is 2.66. The van der Waals surface area contributed by atoms with Crippen LogP contribution < -0.4 is 0 Å². The van der Waals surface area contributed by atoms with Crippen LogP contribution in [0.2, 0.25) is 0 Å². The lowest BCUT2D eigenvalue weighted by Gasteiger charge is -2.07. The number of alkyl halides is 1. The second-order valence-electron chi connectivity index (χ2n) is 3.63. The summed E-state index contributed by atoms with van der Waals surface area (Å²) in [5.74, 6) is 0.875. The Labute approximate surface area is 94.7 Å². The van der Waals surface area contributed by atoms with Crippen molar-refractivity contribution < 1.29 is 4.42 Å². The molecule has 0 saturated carbocycles. The quantitative estimate of drug-likeness (QED) is 0.710. The number of benzene rings is 1. The molecular formula is C13H13ClO. The van der Waals surface area contributed by atoms with Gasteiger partial charge in [0.1, 0.15) is 5.76 Å². The van der Waals surface area contributed by atoms with Gasteiger partial charge in [-0.15, -0.1) is 11.6 Å². The molecule has 0 radical (unpaired) electrons. The highest BCUT2D eigenvalue weighted by molar-refractivity contribution is 6.20. The monoisotopic (exact) mass is 220 g/mol. The Morgan fingerprint density at radius 2 is 1.93 bits per heavy atom. The van der Waals surface area contributed by atoms with Gasteiger partial charge in [0.05, 0.1) is 11.6 Å². The highest BCUT2D eigenvalue weighted by Crippen LogP contribution is 2.28. The van der Waals surface area contributed by atoms with Crippen LogP contribution in [0.5, 0.6) is 0 Å². The molecule has 0 aliphatic carbocycles. The van der Waals surface area contributed by atoms with Crippen molar-refractivity contribution in [1.82, 2.24) is 0 Å². The maximum atomic E-state index is 6.29. The molecule has 0 aliphatic heterocycles. The smallest absolute Gasteiger partial charge is 0.124 e. The van der Waals surface area contributed by atoms with Crippen LogP contribution in [-0.4, -0.2) is 0 Å². The summed E-state index contributed by atoms with van der Waals surface area (Å²) in [7, 11) is 0. The first-order valence-corrected chi connectivity index (χ1v) is 5.43. The van der Waals surface area contributed by atoms with Crippen molar-refractivity contribution in [3.8, 4) is 0 Å². The highest BCUT2D eigenvalue weighted by atomic mass is 35.5. The Hall–Kier alpha value is -1.21. The van der Waals surface area contributed by atoms with E-state index >= 15 is 0 Å². The van der Waals surface area contributed by atoms with Gasteiger partial charge in [-0.25, -0.2) is 0 Å². The summed E-state index contributed by atoms with van der Waals surface area (Å²) in [6.07, 6.45) is 2.49. The lowest BCUT2D eigenvalue weighted by atomic mass is 10.1. The first kappa shape index (κ1) is 10.3. The SMILES string of the molecule is Cc1ccoc1C(Cl)Cc1ccccc1. The molecule has 0 N–H and O–H groups in total. The minimum atomic E-state index is -0.0811. The van der Waals surface area contributed by atoms with E-state index in [2.05, 4.69) is 12.1 Å². The van der Waals surface area contributed by atoms with Gasteiger partial charge in [0, 0.05) is 0 Å². The molecule has 0 amide bonds. The van der Waals surface area contributed by atoms with Gasteiger partial charge in [0.25, 0.3) is 0 Å². The summed E-state index contributed by atoms with van der Waals surface area (Å²) in [6.45, 7) is 2.01. The number of halogens is 1. The number of furan rings is 1. The van der Waals surface area contributed by atoms with Crippen LogP contribution in [0.3, 0.4) is 0 Å². The molecular weight excluding hydrogens is 208 g/mol. The Kier molecular flexibility index (Phi) is 3.12. The van der Waals surface area contributed by atoms with Gasteiger partial charge >= 0.3 is 0 Å². The summed E-state index contributed by atoms with van der Waals surface area (Å²) in [5, 5.41) is -0.0811. The number of aryl methyl sites for hydroxylation is 1. The van der Waals surface area contributed by atoms with Crippen molar-refractivity contribution in [3.05, 3.63) is 59.5 Å². The Balaban J connectivity index is 2.11. The summed E-state index contributed by atoms with van der Waals surface area (Å²) >= 11 is 6.29. The molecule has 78 valence electrons. The highest BCUT2D eigenvalue weighted by Gasteiger charge is 2.14. The molecule has 1 aromatic heterocycles. The van der Waals surface area contributed by atoms with E-state index in [1.165, 1.54) is 5.56 Å². The van der Waals surface area contributed by atoms with Crippen molar-refractivity contribution >= 4 is 11.6 Å². The molecule has 1 heterocycles. The maximum Gasteiger partial charge on any atom is 0.124 e. The third-order valence-corrected chi connectivity index (χ3v) is 2.80. The molecule has 2 rings (SSSR count). The summed E-state index contributed by atoms with van der Waals surface area (Å²) in [5.41, 5.74) is 2.35. The van der Waals surface area contributed by atoms with Gasteiger partial charge < -0.3 is 4.42 Å². The molecule has 1 atom stereocenters. The summed E-state index contributed by atoms with van der Waals surface area (Å²) in [6, 6.07) is 12.1. The van der Waals surface area contributed by atoms with Crippen LogP contribution in [0.4, 0.5) is 0 Å². The third-order valence-electron chi connectivity index (χ3n) is 2.44. The largest absolute Gasteiger partial charge is 0.467 e. The van der Waals surface area contributed by atoms with Crippen molar-refractivity contribution in [1.29, 1.82) is 0 Å². The predicted molar refractivity (Wildman–Crippen MR) is 62.2 cm³/mol. The van der Waals surface area contributed by atoms with Gasteiger partial charge in [-0.1, -0.05) is 30.3 Å². The predicted octanol–water partition coefficient (Wildman–Crippen LogP) is 4.11. The Morgan fingerprint density at radius 3 is 2.53 bits per heavy atom. The van der Waals surface area contributed by atoms with E-state index in [9.17, 15) is 0 Å². The molecule has 0 aliphatic rings. The Morgan fingerprint density at radius 1 is 1.20 bits per heavy atom. The molecule has 0 saturated heterocycles. The van der Waals surface area contributed by atoms with Crippen molar-refractivity contribution in [2.75, 3.05) is 0 Å². The first-order chi connectivity index (χ1) is 7.27. The van der Waals surface area contributed by atoms with E-state index in [0.29, 0.717) is 0 Å². The minimum Gasteiger partial charge on any atom is -0.467 e. The third kappa shape index (κ3) is 2.42. The van der Waals surface area contributed by atoms with Crippen LogP contribution in [0.25, 0.3) is 0 Å². The molecule has 0 spiro atoms. The van der Waals surface area contributed by atoms with E-state index in [-0.39, 0.29) is 5.38 Å². The van der Waals surface area contributed by atoms with E-state index in [0.717, 1.165) is 17.7 Å². The van der Waals surface area contributed by atoms with Crippen LogP contribution in [0.15, 0.2) is 47.1 Å². The zero-order valence-corrected chi connectivity index (χ0v) is 9.37. The zero-order chi connectivity index (χ0) is 10.7. The molecule has 1 aromatic carbocycles. The van der Waals surface area contributed by atoms with Gasteiger partial charge in [0.2, 0.25) is 0 Å². The zero-order valence-electron chi connectivity index (χ0n) is 8.61. The topological polar surface area (TPSA) is 13.1 Å². The van der Waals surface area contributed by atoms with Crippen LogP contribution in [0.1, 0.15) is 22.3 Å². The van der Waals surface area contributed by atoms with Crippen LogP contribution in [0, 0.1) is 6.92 Å². The maximum absolute atomic E-state index is 6.29. The van der Waals surface area contributed by atoms with Crippen molar-refractivity contribution in [3.63, 3.8) is 0 Å². The lowest BCUT2D eigenvalue weighted by molar-refractivity contribution is 0.499. The Bertz CT molecular complexity index is 419. The van der Waals surface area contributed by atoms with Gasteiger partial charge in [-0.3, -0.25) is 0 Å². The van der Waals surface area contributed by atoms with Crippen LogP contribution in [-0.2, 0) is 6.42 Å². The molecule has 1 nitrogen and oxygen atoms in total. The second-order valence-corrected chi connectivity index (χ2v) is 4.15. The van der Waals surface area contributed by atoms with Crippen molar-refractivity contribution in [2.45, 2.75) is 18.7 Å². The minimum absolute atomic E-state index is 0.0811. The van der Waals surface area contributed by atoms with Gasteiger partial charge in [0.15, 0.2) is 0 Å². The molecule has 0 fully saturated rings. The van der Waals surface area contributed by atoms with E-state index < -0.39 is 0 Å². The average molecular weight is 221 g/mol. The van der Waals surface area contributed by atoms with Gasteiger partial charge in [-0.05, 0) is 30.5 Å². The standard InChI is InChI=1S/C13H13ClO/c1-10-7-8-15-13(10)12(14)9-11-5-3-2-4-6-11/h2-8,12H,9H2,1H3. The summed E-state index contributed by atoms with van der Waals surface area (Å²) in [4.78, 5) is 0. The molecule has 1 unspecified atom stereocenters. The first-order valence-electron chi connectivity index (χ1n) is 4.99. The number of hydrogen-bond acceptors (Lipinski definition) is 1. The van der Waals surface area contributed by atoms with Crippen molar-refractivity contribution in [2.24, 2.45) is 0 Å². The van der Waals surface area contributed by atoms with Crippen LogP contribution >= 0.6 is 11.6 Å². The number of rotatable bonds is 3. The summed E-state index contributed by atoms with van der Waals surface area (Å²) < 4.78 is 5.37. The lowest BCUT2D eigenvalue weighted by Crippen LogP contribution is -1.95. The number of hydrogen-bond donors (Lipinski definition) is 0. The fourth-order valence-corrected chi connectivity index (χ4v) is 2.02. The van der Waals surface area contributed by atoms with Gasteiger partial charge in [-0.2, -0.15) is 0 Å². The fourth-order valence-electron chi connectivity index (χ4n) is 1.62. The van der Waals surface area contributed by atoms with E-state index in [4.69, 9.17) is 16.0 Å². The molecule has 0 bridgehead atoms. The van der Waals surface area contributed by atoms with E-state index in [1.807, 2.05) is 31.2 Å². The molecule has 2 aromatic rings. The van der Waals surface area contributed by atoms with E-state index in [1.54, 1.807) is 6.26 Å². The molecule has 15 heavy (non-hydrogen) atoms. The fraction of sp³-hybridized carbons (Fsp3) is 0.231. The second kappa shape index (κ2) is 4.54.